The van der Waals surface area contributed by atoms with Gasteiger partial charge < -0.3 is 27.1 Å². The molecule has 13 heterocycles. The van der Waals surface area contributed by atoms with E-state index in [0.29, 0.717) is 139 Å². The van der Waals surface area contributed by atoms with Crippen LogP contribution in [0.25, 0.3) is 103 Å². The summed E-state index contributed by atoms with van der Waals surface area (Å²) in [6.07, 6.45) is 12.2. The lowest BCUT2D eigenvalue weighted by molar-refractivity contribution is 0.421. The Morgan fingerprint density at radius 1 is 0.411 bits per heavy atom. The quantitative estimate of drug-likeness (QED) is 0.0367. The van der Waals surface area contributed by atoms with Crippen LogP contribution in [-0.4, -0.2) is 116 Å². The van der Waals surface area contributed by atoms with Gasteiger partial charge >= 0.3 is 0 Å². The highest BCUT2D eigenvalue weighted by molar-refractivity contribution is 9.11. The molecule has 0 bridgehead atoms. The third-order valence-corrected chi connectivity index (χ3v) is 20.1. The van der Waals surface area contributed by atoms with Crippen LogP contribution in [0, 0.1) is 23.3 Å². The van der Waals surface area contributed by atoms with E-state index in [1.165, 1.54) is 49.3 Å². The molecule has 38 heteroatoms. The molecular weight excluding hydrogens is 1750 g/mol. The lowest BCUT2D eigenvalue weighted by atomic mass is 10.2. The molecule has 2 unspecified atom stereocenters. The first kappa shape index (κ1) is 74.9. The maximum Gasteiger partial charge on any atom is 0.234 e. The van der Waals surface area contributed by atoms with Gasteiger partial charge in [0.2, 0.25) is 11.8 Å². The van der Waals surface area contributed by atoms with Crippen LogP contribution >= 0.6 is 99.8 Å². The smallest absolute Gasteiger partial charge is 0.234 e. The number of aromatic nitrogens is 20. The van der Waals surface area contributed by atoms with Crippen molar-refractivity contribution >= 4 is 99.8 Å². The van der Waals surface area contributed by atoms with Gasteiger partial charge in [-0.1, -0.05) is 117 Å². The number of hydrogen-bond acceptors (Lipinski definition) is 23. The van der Waals surface area contributed by atoms with E-state index in [1.807, 2.05) is 16.8 Å². The number of rotatable bonds is 21. The Bertz CT molecular complexity index is 5950. The van der Waals surface area contributed by atoms with Crippen LogP contribution in [0.15, 0.2) is 244 Å². The van der Waals surface area contributed by atoms with Crippen molar-refractivity contribution in [3.05, 3.63) is 282 Å². The van der Waals surface area contributed by atoms with Gasteiger partial charge in [0.05, 0.1) is 85.4 Å². The first-order valence-electron chi connectivity index (χ1n) is 33.7. The summed E-state index contributed by atoms with van der Waals surface area (Å²) in [6.45, 7) is 4.16. The summed E-state index contributed by atoms with van der Waals surface area (Å²) in [5.41, 5.74) is 10.3. The summed E-state index contributed by atoms with van der Waals surface area (Å²) in [5.74, 6) is 0.703. The number of benzene rings is 4. The molecule has 562 valence electrons. The first-order chi connectivity index (χ1) is 55.3. The van der Waals surface area contributed by atoms with E-state index in [-0.39, 0.29) is 65.6 Å². The molecule has 0 saturated carbocycles. The minimum Gasteiger partial charge on any atom is -0.460 e. The molecular formula is C74H51Br3Cl2F4N20O6P2S. The van der Waals surface area contributed by atoms with E-state index in [2.05, 4.69) is 129 Å². The highest BCUT2D eigenvalue weighted by Gasteiger charge is 2.24. The van der Waals surface area contributed by atoms with Gasteiger partial charge in [-0.3, -0.25) is 18.7 Å². The summed E-state index contributed by atoms with van der Waals surface area (Å²) in [7, 11) is -2.85. The fraction of sp³-hybridized carbons (Fsp3) is 0.0811. The fourth-order valence-electron chi connectivity index (χ4n) is 10.8. The summed E-state index contributed by atoms with van der Waals surface area (Å²) >= 11 is 23.5. The fourth-order valence-corrected chi connectivity index (χ4v) is 13.1. The highest BCUT2D eigenvalue weighted by atomic mass is 79.9. The Hall–Kier alpha value is -11.2. The van der Waals surface area contributed by atoms with Crippen LogP contribution in [0.5, 0.6) is 11.8 Å². The molecule has 0 saturated heterocycles. The van der Waals surface area contributed by atoms with Crippen molar-refractivity contribution in [1.82, 2.24) is 99.6 Å². The average molecular weight is 1800 g/mol. The first-order valence-corrected chi connectivity index (χ1v) is 39.4. The molecule has 17 aromatic rings. The molecule has 0 aliphatic carbocycles. The van der Waals surface area contributed by atoms with Crippen molar-refractivity contribution in [3.63, 3.8) is 0 Å². The third kappa shape index (κ3) is 18.5. The predicted octanol–water partition coefficient (Wildman–Crippen LogP) is 19.3. The van der Waals surface area contributed by atoms with Crippen LogP contribution < -0.4 is 9.05 Å². The highest BCUT2D eigenvalue weighted by Crippen LogP contribution is 2.37. The molecule has 0 fully saturated rings. The van der Waals surface area contributed by atoms with E-state index in [9.17, 15) is 17.6 Å². The minimum absolute atomic E-state index is 0.193. The van der Waals surface area contributed by atoms with Crippen molar-refractivity contribution < 1.29 is 44.7 Å². The van der Waals surface area contributed by atoms with E-state index in [1.54, 1.807) is 190 Å². The SMILES string of the molecule is Fc1ccccc1Cn1nc(-c2ncc(Br)c(Cl)n2)cc1-c1ccon1.Fc1ccccc1Cn1nc(-c2ncc(Br)c(Cl)n2)cc1-c1ccon1.[2H]P(C)Oc1nc(-c2cc(-c3ccon3)n(Cc3ccccc3F)n2)ncc1-c1ccsc1.[2H]P(C)Oc1nc(-c2cc(-c3ccon3)n(Cc3ccccc3F)n2)ncc1Br. The van der Waals surface area contributed by atoms with Crippen LogP contribution in [0.2, 0.25) is 10.3 Å². The molecule has 0 N–H and O–H groups in total. The number of hydrogen-bond donors (Lipinski definition) is 0. The topological polar surface area (TPSA) is 297 Å². The number of thiophene rings is 1. The van der Waals surface area contributed by atoms with E-state index in [0.717, 1.165) is 5.56 Å². The Morgan fingerprint density at radius 3 is 1.03 bits per heavy atom. The van der Waals surface area contributed by atoms with Crippen molar-refractivity contribution in [1.29, 1.82) is 2.56 Å². The van der Waals surface area contributed by atoms with Gasteiger partial charge in [0.25, 0.3) is 0 Å². The lowest BCUT2D eigenvalue weighted by Crippen LogP contribution is -2.06. The van der Waals surface area contributed by atoms with Crippen LogP contribution in [-0.2, 0) is 26.2 Å². The second kappa shape index (κ2) is 36.3. The van der Waals surface area contributed by atoms with Gasteiger partial charge in [0.1, 0.15) is 107 Å². The molecule has 0 aliphatic rings. The Kier molecular flexibility index (Phi) is 24.3. The van der Waals surface area contributed by atoms with E-state index in [4.69, 9.17) is 52.9 Å². The van der Waals surface area contributed by atoms with Gasteiger partial charge in [0.15, 0.2) is 23.3 Å². The van der Waals surface area contributed by atoms with Crippen molar-refractivity contribution in [3.8, 4) is 115 Å². The number of nitrogens with zero attached hydrogens (tertiary/aromatic N) is 20. The molecule has 0 radical (unpaired) electrons. The van der Waals surface area contributed by atoms with E-state index < -0.39 is 17.5 Å². The molecule has 17 rings (SSSR count). The molecule has 0 spiro atoms. The normalized spacial score (nSPS) is 11.8. The summed E-state index contributed by atoms with van der Waals surface area (Å²) < 4.78 is 111. The maximum absolute atomic E-state index is 14.3. The summed E-state index contributed by atoms with van der Waals surface area (Å²) in [6, 6.07) is 41.9. The largest absolute Gasteiger partial charge is 0.460 e. The Balaban J connectivity index is 0.000000126. The van der Waals surface area contributed by atoms with Gasteiger partial charge in [-0.2, -0.15) is 41.7 Å². The van der Waals surface area contributed by atoms with Crippen LogP contribution in [0.3, 0.4) is 0 Å². The molecule has 112 heavy (non-hydrogen) atoms. The maximum atomic E-state index is 14.3. The van der Waals surface area contributed by atoms with Gasteiger partial charge in [-0.05, 0) is 132 Å². The third-order valence-electron chi connectivity index (χ3n) is 16.0. The van der Waals surface area contributed by atoms with Crippen molar-refractivity contribution in [2.75, 3.05) is 13.3 Å². The van der Waals surface area contributed by atoms with Crippen molar-refractivity contribution in [2.45, 2.75) is 26.2 Å². The summed E-state index contributed by atoms with van der Waals surface area (Å²) in [5, 5.41) is 38.6. The zero-order chi connectivity index (χ0) is 79.4. The second-order valence-corrected chi connectivity index (χ2v) is 28.3. The predicted molar refractivity (Wildman–Crippen MR) is 423 cm³/mol. The van der Waals surface area contributed by atoms with Crippen molar-refractivity contribution in [2.24, 2.45) is 0 Å². The molecule has 4 aromatic carbocycles. The zero-order valence-corrected chi connectivity index (χ0v) is 66.5. The van der Waals surface area contributed by atoms with E-state index >= 15 is 0 Å². The average Bonchev–Trinajstić information content (AvgIpc) is 1.65. The molecule has 13 aromatic heterocycles. The molecule has 0 aliphatic heterocycles. The molecule has 2 atom stereocenters. The van der Waals surface area contributed by atoms with Gasteiger partial charge in [-0.25, -0.2) is 47.5 Å². The van der Waals surface area contributed by atoms with Crippen LogP contribution in [0.4, 0.5) is 17.6 Å². The standard InChI is InChI=1S/C22H17FN5O2PS.C18H14BrFN5O2P.2C17H10BrClFN5O/c1-31-30-22-16(15-7-9-32-13-15)11-24-21(25-22)19-10-20(18-6-8-29-27-18)28(26-19)12-14-4-2-3-5-17(14)23;1-28-27-18-12(19)9-21-17(22-18)15-8-16(14-6-7-26-24-14)25(23-15)10-11-4-2-3-5-13(11)20;2*18-11-8-21-17(22-16(11)19)14-7-15(13-5-6-26-24-13)25(23-14)9-10-3-1-2-4-12(10)20/h2-11,13,31H,12H2,1H3;2-9,28H,10H2,1H3;2*1-8H,9H2/i31D;28D;;. The zero-order valence-electron chi connectivity index (χ0n) is 59.6. The summed E-state index contributed by atoms with van der Waals surface area (Å²) in [4.78, 5) is 34.6. The minimum atomic E-state index is -1.44. The van der Waals surface area contributed by atoms with Gasteiger partial charge in [-0.15, -0.1) is 0 Å². The Labute approximate surface area is 677 Å². The Morgan fingerprint density at radius 2 is 0.723 bits per heavy atom. The monoisotopic (exact) mass is 1790 g/mol. The lowest BCUT2D eigenvalue weighted by Gasteiger charge is -2.08. The van der Waals surface area contributed by atoms with Gasteiger partial charge in [0, 0.05) is 71.3 Å². The second-order valence-electron chi connectivity index (χ2n) is 23.2. The molecule has 0 amide bonds. The molecule has 26 nitrogen and oxygen atoms in total. The number of halogens is 9. The van der Waals surface area contributed by atoms with Crippen LogP contribution in [0.1, 0.15) is 22.3 Å².